The molecule has 1 aliphatic rings. The van der Waals surface area contributed by atoms with Crippen molar-refractivity contribution in [3.63, 3.8) is 0 Å². The van der Waals surface area contributed by atoms with Crippen molar-refractivity contribution in [1.29, 1.82) is 0 Å². The van der Waals surface area contributed by atoms with E-state index in [0.717, 1.165) is 18.4 Å². The third kappa shape index (κ3) is 2.38. The van der Waals surface area contributed by atoms with Crippen LogP contribution in [-0.4, -0.2) is 4.98 Å². The molecule has 2 N–H and O–H groups in total. The largest absolute Gasteiger partial charge is 0.321 e. The molecule has 1 aromatic heterocycles. The number of nitrogens with zero attached hydrogens (tertiary/aromatic N) is 1. The van der Waals surface area contributed by atoms with Crippen LogP contribution in [0.25, 0.3) is 10.2 Å². The van der Waals surface area contributed by atoms with Crippen molar-refractivity contribution >= 4 is 21.6 Å². The summed E-state index contributed by atoms with van der Waals surface area (Å²) in [4.78, 5) is 4.94. The Morgan fingerprint density at radius 2 is 1.85 bits per heavy atom. The fraction of sp³-hybridized carbons (Fsp3) is 0.588. The van der Waals surface area contributed by atoms with E-state index in [1.807, 2.05) is 11.3 Å². The van der Waals surface area contributed by atoms with E-state index in [1.54, 1.807) is 0 Å². The van der Waals surface area contributed by atoms with Gasteiger partial charge in [-0.15, -0.1) is 11.3 Å². The summed E-state index contributed by atoms with van der Waals surface area (Å²) < 4.78 is 1.28. The summed E-state index contributed by atoms with van der Waals surface area (Å²) in [6.07, 6.45) is 5.98. The summed E-state index contributed by atoms with van der Waals surface area (Å²) in [6.45, 7) is 6.68. The first-order valence-corrected chi connectivity index (χ1v) is 8.41. The van der Waals surface area contributed by atoms with Crippen LogP contribution in [0.3, 0.4) is 0 Å². The molecule has 2 nitrogen and oxygen atoms in total. The predicted octanol–water partition coefficient (Wildman–Crippen LogP) is 4.71. The molecule has 0 unspecified atom stereocenters. The van der Waals surface area contributed by atoms with E-state index in [9.17, 15) is 0 Å². The molecule has 0 atom stereocenters. The first-order valence-electron chi connectivity index (χ1n) is 7.60. The third-order valence-electron chi connectivity index (χ3n) is 4.34. The highest BCUT2D eigenvalue weighted by Gasteiger charge is 2.32. The average molecular weight is 288 g/mol. The van der Waals surface area contributed by atoms with Crippen molar-refractivity contribution in [2.24, 2.45) is 5.73 Å². The Balaban J connectivity index is 2.14. The van der Waals surface area contributed by atoms with E-state index in [4.69, 9.17) is 10.7 Å². The molecule has 3 rings (SSSR count). The van der Waals surface area contributed by atoms with Gasteiger partial charge in [0.2, 0.25) is 0 Å². The van der Waals surface area contributed by atoms with Gasteiger partial charge in [-0.3, -0.25) is 0 Å². The molecule has 3 heteroatoms. The highest BCUT2D eigenvalue weighted by molar-refractivity contribution is 7.18. The predicted molar refractivity (Wildman–Crippen MR) is 87.3 cm³/mol. The fourth-order valence-electron chi connectivity index (χ4n) is 3.12. The van der Waals surface area contributed by atoms with Gasteiger partial charge in [-0.25, -0.2) is 4.98 Å². The minimum atomic E-state index is -0.166. The normalized spacial score (nSPS) is 19.4. The van der Waals surface area contributed by atoms with Gasteiger partial charge in [-0.2, -0.15) is 0 Å². The molecule has 2 aromatic rings. The smallest absolute Gasteiger partial charge is 0.0992 e. The molecule has 0 spiro atoms. The maximum atomic E-state index is 6.73. The third-order valence-corrected chi connectivity index (χ3v) is 5.79. The van der Waals surface area contributed by atoms with Crippen LogP contribution >= 0.6 is 11.3 Å². The van der Waals surface area contributed by atoms with Crippen LogP contribution in [0.4, 0.5) is 0 Å². The van der Waals surface area contributed by atoms with E-state index in [1.165, 1.54) is 34.5 Å². The van der Waals surface area contributed by atoms with Gasteiger partial charge in [0.15, 0.2) is 0 Å². The number of hydrogen-bond donors (Lipinski definition) is 1. The lowest BCUT2D eigenvalue weighted by Gasteiger charge is -2.34. The van der Waals surface area contributed by atoms with Gasteiger partial charge in [-0.1, -0.05) is 52.2 Å². The molecule has 1 aliphatic carbocycles. The Morgan fingerprint density at radius 3 is 2.50 bits per heavy atom. The summed E-state index contributed by atoms with van der Waals surface area (Å²) in [5.41, 5.74) is 9.08. The highest BCUT2D eigenvalue weighted by Crippen LogP contribution is 2.40. The van der Waals surface area contributed by atoms with Gasteiger partial charge in [0, 0.05) is 11.0 Å². The zero-order chi connectivity index (χ0) is 14.4. The molecule has 0 bridgehead atoms. The Labute approximate surface area is 125 Å². The summed E-state index contributed by atoms with van der Waals surface area (Å²) in [5, 5.41) is 1.21. The second-order valence-electron chi connectivity index (χ2n) is 7.14. The van der Waals surface area contributed by atoms with Crippen molar-refractivity contribution in [3.05, 3.63) is 28.8 Å². The summed E-state index contributed by atoms with van der Waals surface area (Å²) in [6, 6.07) is 6.52. The van der Waals surface area contributed by atoms with Crippen LogP contribution in [0.2, 0.25) is 0 Å². The SMILES string of the molecule is CC(C)(C)c1nc2c(C3(N)CCCCC3)cccc2s1. The molecular formula is C17H24N2S. The minimum absolute atomic E-state index is 0.106. The van der Waals surface area contributed by atoms with Gasteiger partial charge >= 0.3 is 0 Å². The fourth-order valence-corrected chi connectivity index (χ4v) is 4.17. The summed E-state index contributed by atoms with van der Waals surface area (Å²) >= 11 is 1.81. The van der Waals surface area contributed by atoms with E-state index in [-0.39, 0.29) is 11.0 Å². The number of thiazole rings is 1. The number of nitrogens with two attached hydrogens (primary N) is 1. The van der Waals surface area contributed by atoms with Gasteiger partial charge in [-0.05, 0) is 24.5 Å². The molecule has 0 amide bonds. The lowest BCUT2D eigenvalue weighted by Crippen LogP contribution is -2.38. The maximum absolute atomic E-state index is 6.73. The average Bonchev–Trinajstić information content (AvgIpc) is 2.83. The summed E-state index contributed by atoms with van der Waals surface area (Å²) in [7, 11) is 0. The number of fused-ring (bicyclic) bond motifs is 1. The molecule has 1 heterocycles. The number of aromatic nitrogens is 1. The topological polar surface area (TPSA) is 38.9 Å². The molecule has 108 valence electrons. The van der Waals surface area contributed by atoms with E-state index < -0.39 is 0 Å². The Bertz CT molecular complexity index is 615. The molecule has 1 fully saturated rings. The highest BCUT2D eigenvalue weighted by atomic mass is 32.1. The van der Waals surface area contributed by atoms with Gasteiger partial charge in [0.05, 0.1) is 15.2 Å². The molecule has 20 heavy (non-hydrogen) atoms. The van der Waals surface area contributed by atoms with E-state index >= 15 is 0 Å². The molecule has 1 aromatic carbocycles. The monoisotopic (exact) mass is 288 g/mol. The van der Waals surface area contributed by atoms with Crippen LogP contribution in [0.1, 0.15) is 63.4 Å². The summed E-state index contributed by atoms with van der Waals surface area (Å²) in [5.74, 6) is 0. The Kier molecular flexibility index (Phi) is 3.38. The first-order chi connectivity index (χ1) is 9.40. The van der Waals surface area contributed by atoms with Gasteiger partial charge in [0.25, 0.3) is 0 Å². The number of rotatable bonds is 1. The maximum Gasteiger partial charge on any atom is 0.0992 e. The van der Waals surface area contributed by atoms with Crippen molar-refractivity contribution in [2.45, 2.75) is 63.8 Å². The van der Waals surface area contributed by atoms with E-state index in [2.05, 4.69) is 39.0 Å². The minimum Gasteiger partial charge on any atom is -0.321 e. The van der Waals surface area contributed by atoms with Crippen molar-refractivity contribution < 1.29 is 0 Å². The zero-order valence-corrected chi connectivity index (χ0v) is 13.5. The second-order valence-corrected chi connectivity index (χ2v) is 8.17. The first kappa shape index (κ1) is 14.0. The standard InChI is InChI=1S/C17H24N2S/c1-16(2,3)15-19-14-12(8-7-9-13(14)20-15)17(18)10-5-4-6-11-17/h7-9H,4-6,10-11,18H2,1-3H3. The second kappa shape index (κ2) is 4.81. The van der Waals surface area contributed by atoms with E-state index in [0.29, 0.717) is 0 Å². The van der Waals surface area contributed by atoms with Gasteiger partial charge < -0.3 is 5.73 Å². The number of hydrogen-bond acceptors (Lipinski definition) is 3. The molecule has 0 radical (unpaired) electrons. The Hall–Kier alpha value is -0.930. The van der Waals surface area contributed by atoms with Crippen molar-refractivity contribution in [3.8, 4) is 0 Å². The zero-order valence-electron chi connectivity index (χ0n) is 12.7. The molecule has 0 saturated heterocycles. The lowest BCUT2D eigenvalue weighted by atomic mass is 9.77. The lowest BCUT2D eigenvalue weighted by molar-refractivity contribution is 0.304. The Morgan fingerprint density at radius 1 is 1.15 bits per heavy atom. The van der Waals surface area contributed by atoms with Crippen LogP contribution in [0.5, 0.6) is 0 Å². The molecular weight excluding hydrogens is 264 g/mol. The quantitative estimate of drug-likeness (QED) is 0.825. The molecule has 0 aliphatic heterocycles. The van der Waals surface area contributed by atoms with Gasteiger partial charge in [0.1, 0.15) is 0 Å². The van der Waals surface area contributed by atoms with Crippen LogP contribution < -0.4 is 5.73 Å². The van der Waals surface area contributed by atoms with Crippen LogP contribution in [0, 0.1) is 0 Å². The number of benzene rings is 1. The molecule has 1 saturated carbocycles. The van der Waals surface area contributed by atoms with Crippen molar-refractivity contribution in [1.82, 2.24) is 4.98 Å². The van der Waals surface area contributed by atoms with Crippen LogP contribution in [0.15, 0.2) is 18.2 Å². The van der Waals surface area contributed by atoms with Crippen LogP contribution in [-0.2, 0) is 11.0 Å². The number of para-hydroxylation sites is 1. The van der Waals surface area contributed by atoms with Crippen molar-refractivity contribution in [2.75, 3.05) is 0 Å².